The number of hydrogen-bond acceptors (Lipinski definition) is 5. The average Bonchev–Trinajstić information content (AvgIpc) is 3.25. The summed E-state index contributed by atoms with van der Waals surface area (Å²) in [4.78, 5) is 23.6. The van der Waals surface area contributed by atoms with Crippen molar-refractivity contribution in [2.75, 3.05) is 16.8 Å². The van der Waals surface area contributed by atoms with Crippen molar-refractivity contribution in [3.05, 3.63) is 40.8 Å². The third-order valence-corrected chi connectivity index (χ3v) is 5.09. The first-order valence-corrected chi connectivity index (χ1v) is 8.95. The van der Waals surface area contributed by atoms with E-state index in [-0.39, 0.29) is 11.9 Å². The molecule has 4 rings (SSSR count). The standard InChI is InChI=1S/C17H16Cl2N6O/c1-24-15-11(8-22-24)16(21-9-20-15)25-6-2-3-14(25)17(26)23-13-7-10(18)4-5-12(13)19/h4-5,7-9,14H,2-3,6H2,1H3,(H,23,26). The number of amides is 1. The molecule has 1 aromatic carbocycles. The van der Waals surface area contributed by atoms with Gasteiger partial charge in [-0.1, -0.05) is 23.2 Å². The summed E-state index contributed by atoms with van der Waals surface area (Å²) in [6.07, 6.45) is 4.86. The number of carbonyl (C=O) groups is 1. The molecule has 1 saturated heterocycles. The molecule has 1 N–H and O–H groups in total. The summed E-state index contributed by atoms with van der Waals surface area (Å²) in [6, 6.07) is 4.64. The summed E-state index contributed by atoms with van der Waals surface area (Å²) in [5.41, 5.74) is 1.24. The van der Waals surface area contributed by atoms with Gasteiger partial charge in [-0.3, -0.25) is 9.48 Å². The van der Waals surface area contributed by atoms with Crippen LogP contribution in [0.3, 0.4) is 0 Å². The second kappa shape index (κ2) is 6.74. The zero-order valence-corrected chi connectivity index (χ0v) is 15.5. The molecule has 0 saturated carbocycles. The van der Waals surface area contributed by atoms with E-state index in [2.05, 4.69) is 20.4 Å². The van der Waals surface area contributed by atoms with Gasteiger partial charge < -0.3 is 10.2 Å². The smallest absolute Gasteiger partial charge is 0.247 e. The quantitative estimate of drug-likeness (QED) is 0.742. The minimum atomic E-state index is -0.344. The predicted octanol–water partition coefficient (Wildman–Crippen LogP) is 3.28. The van der Waals surface area contributed by atoms with Gasteiger partial charge in [0, 0.05) is 18.6 Å². The molecule has 26 heavy (non-hydrogen) atoms. The van der Waals surface area contributed by atoms with Crippen LogP contribution in [-0.2, 0) is 11.8 Å². The zero-order valence-electron chi connectivity index (χ0n) is 14.0. The van der Waals surface area contributed by atoms with E-state index in [1.165, 1.54) is 6.33 Å². The van der Waals surface area contributed by atoms with Crippen LogP contribution in [0.1, 0.15) is 12.8 Å². The lowest BCUT2D eigenvalue weighted by Gasteiger charge is -2.25. The van der Waals surface area contributed by atoms with Gasteiger partial charge in [-0.2, -0.15) is 5.10 Å². The number of halogens is 2. The van der Waals surface area contributed by atoms with Crippen LogP contribution in [0.15, 0.2) is 30.7 Å². The highest BCUT2D eigenvalue weighted by Crippen LogP contribution is 2.31. The average molecular weight is 391 g/mol. The monoisotopic (exact) mass is 390 g/mol. The molecular weight excluding hydrogens is 375 g/mol. The van der Waals surface area contributed by atoms with E-state index in [0.29, 0.717) is 15.7 Å². The van der Waals surface area contributed by atoms with Crippen LogP contribution < -0.4 is 10.2 Å². The fourth-order valence-electron chi connectivity index (χ4n) is 3.28. The molecule has 0 radical (unpaired) electrons. The zero-order chi connectivity index (χ0) is 18.3. The van der Waals surface area contributed by atoms with Crippen LogP contribution in [0, 0.1) is 0 Å². The number of carbonyl (C=O) groups excluding carboxylic acids is 1. The first-order valence-electron chi connectivity index (χ1n) is 8.20. The molecule has 1 aliphatic heterocycles. The van der Waals surface area contributed by atoms with Crippen molar-refractivity contribution >= 4 is 51.6 Å². The van der Waals surface area contributed by atoms with Gasteiger partial charge in [0.1, 0.15) is 18.2 Å². The molecule has 1 amide bonds. The number of nitrogens with one attached hydrogen (secondary N) is 1. The summed E-state index contributed by atoms with van der Waals surface area (Å²) in [6.45, 7) is 0.738. The molecule has 1 fully saturated rings. The normalized spacial score (nSPS) is 17.0. The van der Waals surface area contributed by atoms with Gasteiger partial charge >= 0.3 is 0 Å². The van der Waals surface area contributed by atoms with Crippen molar-refractivity contribution in [1.82, 2.24) is 19.7 Å². The summed E-state index contributed by atoms with van der Waals surface area (Å²) < 4.78 is 1.69. The summed E-state index contributed by atoms with van der Waals surface area (Å²) in [5.74, 6) is 0.584. The molecule has 0 aliphatic carbocycles. The van der Waals surface area contributed by atoms with E-state index in [0.717, 1.165) is 36.2 Å². The molecular formula is C17H16Cl2N6O. The molecule has 3 heterocycles. The Kier molecular flexibility index (Phi) is 4.42. The third-order valence-electron chi connectivity index (χ3n) is 4.52. The number of benzene rings is 1. The predicted molar refractivity (Wildman–Crippen MR) is 102 cm³/mol. The molecule has 7 nitrogen and oxygen atoms in total. The Labute approximate surface area is 159 Å². The fourth-order valence-corrected chi connectivity index (χ4v) is 3.62. The Morgan fingerprint density at radius 1 is 1.31 bits per heavy atom. The van der Waals surface area contributed by atoms with Gasteiger partial charge in [-0.25, -0.2) is 9.97 Å². The number of fused-ring (bicyclic) bond motifs is 1. The Bertz CT molecular complexity index is 989. The Balaban J connectivity index is 1.63. The molecule has 134 valence electrons. The summed E-state index contributed by atoms with van der Waals surface area (Å²) in [7, 11) is 1.83. The number of aryl methyl sites for hydroxylation is 1. The maximum absolute atomic E-state index is 12.9. The second-order valence-corrected chi connectivity index (χ2v) is 7.01. The van der Waals surface area contributed by atoms with E-state index in [1.807, 2.05) is 11.9 Å². The molecule has 1 aliphatic rings. The van der Waals surface area contributed by atoms with Crippen molar-refractivity contribution in [2.24, 2.45) is 7.05 Å². The van der Waals surface area contributed by atoms with E-state index in [4.69, 9.17) is 23.2 Å². The maximum Gasteiger partial charge on any atom is 0.247 e. The topological polar surface area (TPSA) is 75.9 Å². The van der Waals surface area contributed by atoms with Gasteiger partial charge in [0.05, 0.1) is 22.3 Å². The number of rotatable bonds is 3. The highest BCUT2D eigenvalue weighted by Gasteiger charge is 2.33. The Morgan fingerprint density at radius 2 is 2.15 bits per heavy atom. The van der Waals surface area contributed by atoms with Crippen LogP contribution in [0.4, 0.5) is 11.5 Å². The van der Waals surface area contributed by atoms with Crippen molar-refractivity contribution < 1.29 is 4.79 Å². The molecule has 1 unspecified atom stereocenters. The van der Waals surface area contributed by atoms with Crippen molar-refractivity contribution in [3.63, 3.8) is 0 Å². The SMILES string of the molecule is Cn1ncc2c(N3CCCC3C(=O)Nc3cc(Cl)ccc3Cl)ncnc21. The first kappa shape index (κ1) is 17.1. The van der Waals surface area contributed by atoms with Crippen molar-refractivity contribution in [1.29, 1.82) is 0 Å². The number of hydrogen-bond donors (Lipinski definition) is 1. The highest BCUT2D eigenvalue weighted by molar-refractivity contribution is 6.35. The van der Waals surface area contributed by atoms with E-state index < -0.39 is 0 Å². The van der Waals surface area contributed by atoms with E-state index >= 15 is 0 Å². The second-order valence-electron chi connectivity index (χ2n) is 6.17. The third kappa shape index (κ3) is 2.97. The Morgan fingerprint density at radius 3 is 3.00 bits per heavy atom. The fraction of sp³-hybridized carbons (Fsp3) is 0.294. The van der Waals surface area contributed by atoms with Crippen LogP contribution in [-0.4, -0.2) is 38.2 Å². The van der Waals surface area contributed by atoms with Crippen molar-refractivity contribution in [3.8, 4) is 0 Å². The number of anilines is 2. The number of nitrogens with zero attached hydrogens (tertiary/aromatic N) is 5. The molecule has 0 spiro atoms. The van der Waals surface area contributed by atoms with Gasteiger partial charge in [-0.15, -0.1) is 0 Å². The summed E-state index contributed by atoms with van der Waals surface area (Å²) >= 11 is 12.2. The molecule has 2 aromatic heterocycles. The van der Waals surface area contributed by atoms with E-state index in [1.54, 1.807) is 29.1 Å². The van der Waals surface area contributed by atoms with Gasteiger partial charge in [0.25, 0.3) is 0 Å². The van der Waals surface area contributed by atoms with Crippen LogP contribution in [0.5, 0.6) is 0 Å². The lowest BCUT2D eigenvalue weighted by atomic mass is 10.2. The highest BCUT2D eigenvalue weighted by atomic mass is 35.5. The van der Waals surface area contributed by atoms with Crippen molar-refractivity contribution in [2.45, 2.75) is 18.9 Å². The van der Waals surface area contributed by atoms with Crippen LogP contribution in [0.25, 0.3) is 11.0 Å². The molecule has 3 aromatic rings. The lowest BCUT2D eigenvalue weighted by Crippen LogP contribution is -2.40. The van der Waals surface area contributed by atoms with Crippen LogP contribution in [0.2, 0.25) is 10.0 Å². The van der Waals surface area contributed by atoms with Crippen LogP contribution >= 0.6 is 23.2 Å². The maximum atomic E-state index is 12.9. The van der Waals surface area contributed by atoms with E-state index in [9.17, 15) is 4.79 Å². The van der Waals surface area contributed by atoms with Gasteiger partial charge in [-0.05, 0) is 31.0 Å². The molecule has 9 heteroatoms. The molecule has 0 bridgehead atoms. The van der Waals surface area contributed by atoms with Gasteiger partial charge in [0.15, 0.2) is 5.65 Å². The minimum absolute atomic E-state index is 0.137. The summed E-state index contributed by atoms with van der Waals surface area (Å²) in [5, 5.41) is 8.92. The Hall–Kier alpha value is -2.38. The minimum Gasteiger partial charge on any atom is -0.344 e. The first-order chi connectivity index (χ1) is 12.5. The van der Waals surface area contributed by atoms with Gasteiger partial charge in [0.2, 0.25) is 5.91 Å². The largest absolute Gasteiger partial charge is 0.344 e. The number of aromatic nitrogens is 4. The molecule has 1 atom stereocenters. The lowest BCUT2D eigenvalue weighted by molar-refractivity contribution is -0.117.